The third kappa shape index (κ3) is 1.46. The van der Waals surface area contributed by atoms with Gasteiger partial charge in [-0.1, -0.05) is 41.2 Å². The lowest BCUT2D eigenvalue weighted by Crippen LogP contribution is -2.13. The molecule has 0 aliphatic heterocycles. The van der Waals surface area contributed by atoms with Gasteiger partial charge in [0.2, 0.25) is 0 Å². The van der Waals surface area contributed by atoms with E-state index in [-0.39, 0.29) is 0 Å². The van der Waals surface area contributed by atoms with Crippen molar-refractivity contribution in [2.45, 2.75) is 0 Å². The van der Waals surface area contributed by atoms with Gasteiger partial charge in [0, 0.05) is 0 Å². The Labute approximate surface area is 67.8 Å². The van der Waals surface area contributed by atoms with Gasteiger partial charge in [-0.2, -0.15) is 0 Å². The van der Waals surface area contributed by atoms with E-state index in [0.717, 1.165) is 15.9 Å². The summed E-state index contributed by atoms with van der Waals surface area (Å²) in [7, 11) is 6.86. The quantitative estimate of drug-likeness (QED) is 0.501. The molecule has 1 aromatic rings. The molecule has 0 aliphatic rings. The van der Waals surface area contributed by atoms with Gasteiger partial charge in [-0.05, 0) is 5.56 Å². The van der Waals surface area contributed by atoms with Gasteiger partial charge in [-0.15, -0.1) is 0 Å². The highest BCUT2D eigenvalue weighted by molar-refractivity contribution is 6.37. The molecule has 0 amide bonds. The minimum absolute atomic E-state index is 1.07. The summed E-state index contributed by atoms with van der Waals surface area (Å²) in [5, 5.41) is 2.13. The minimum atomic E-state index is 1.07. The van der Waals surface area contributed by atoms with Crippen LogP contribution < -0.4 is 10.4 Å². The van der Waals surface area contributed by atoms with E-state index in [4.69, 9.17) is 0 Å². The molecule has 0 saturated heterocycles. The van der Waals surface area contributed by atoms with Gasteiger partial charge in [0.1, 0.15) is 0 Å². The van der Waals surface area contributed by atoms with E-state index in [0.29, 0.717) is 0 Å². The summed E-state index contributed by atoms with van der Waals surface area (Å²) in [6.07, 6.45) is 1.81. The Kier molecular flexibility index (Phi) is 2.24. The Balaban J connectivity index is 3.21. The molecule has 6 radical (unpaired) electrons. The number of hydrogen-bond donors (Lipinski definition) is 0. The van der Waals surface area contributed by atoms with Crippen molar-refractivity contribution in [3.63, 3.8) is 0 Å². The first-order chi connectivity index (χ1) is 4.74. The topological polar surface area (TPSA) is 0 Å². The van der Waals surface area contributed by atoms with Crippen molar-refractivity contribution in [1.82, 2.24) is 0 Å². The third-order valence-corrected chi connectivity index (χ3v) is 2.04. The van der Waals surface area contributed by atoms with Crippen molar-refractivity contribution >= 4 is 36.9 Å². The molecule has 10 heavy (non-hydrogen) atoms. The Morgan fingerprint density at radius 1 is 1.30 bits per heavy atom. The van der Waals surface area contributed by atoms with Crippen LogP contribution in [0.3, 0.4) is 0 Å². The summed E-state index contributed by atoms with van der Waals surface area (Å²) in [6.45, 7) is 3.68. The van der Waals surface area contributed by atoms with Crippen LogP contribution in [-0.2, 0) is 0 Å². The SMILES string of the molecule is C=Cc1cc([Si])ccc1[Si]. The first kappa shape index (κ1) is 7.50. The second-order valence-electron chi connectivity index (χ2n) is 2.01. The molecule has 0 aliphatic carbocycles. The zero-order chi connectivity index (χ0) is 7.56. The highest BCUT2D eigenvalue weighted by atomic mass is 28.1. The van der Waals surface area contributed by atoms with E-state index in [2.05, 4.69) is 27.1 Å². The maximum absolute atomic E-state index is 3.68. The van der Waals surface area contributed by atoms with E-state index in [1.165, 1.54) is 0 Å². The van der Waals surface area contributed by atoms with Crippen LogP contribution in [0.1, 0.15) is 5.56 Å². The van der Waals surface area contributed by atoms with E-state index in [1.54, 1.807) is 0 Å². The maximum atomic E-state index is 3.68. The Bertz CT molecular complexity index is 253. The van der Waals surface area contributed by atoms with Crippen LogP contribution in [0.5, 0.6) is 0 Å². The summed E-state index contributed by atoms with van der Waals surface area (Å²) in [5.74, 6) is 0. The summed E-state index contributed by atoms with van der Waals surface area (Å²) in [4.78, 5) is 0. The Hall–Kier alpha value is -0.606. The van der Waals surface area contributed by atoms with Crippen molar-refractivity contribution in [1.29, 1.82) is 0 Å². The zero-order valence-electron chi connectivity index (χ0n) is 5.52. The van der Waals surface area contributed by atoms with Gasteiger partial charge in [-0.25, -0.2) is 0 Å². The molecule has 0 heterocycles. The molecule has 0 fully saturated rings. The number of benzene rings is 1. The first-order valence-corrected chi connectivity index (χ1v) is 3.93. The summed E-state index contributed by atoms with van der Waals surface area (Å²) in [5.41, 5.74) is 1.10. The highest BCUT2D eigenvalue weighted by Crippen LogP contribution is 1.92. The second-order valence-corrected chi connectivity index (χ2v) is 3.12. The Morgan fingerprint density at radius 2 is 2.00 bits per heavy atom. The molecule has 1 aromatic carbocycles. The summed E-state index contributed by atoms with van der Waals surface area (Å²) in [6, 6.07) is 5.97. The zero-order valence-corrected chi connectivity index (χ0v) is 7.52. The van der Waals surface area contributed by atoms with E-state index in [9.17, 15) is 0 Å². The highest BCUT2D eigenvalue weighted by Gasteiger charge is 1.91. The third-order valence-electron chi connectivity index (χ3n) is 1.27. The molecular formula is C8H6Si2. The summed E-state index contributed by atoms with van der Waals surface area (Å²) >= 11 is 0. The fraction of sp³-hybridized carbons (Fsp3) is 0. The molecular weight excluding hydrogens is 152 g/mol. The van der Waals surface area contributed by atoms with Crippen molar-refractivity contribution < 1.29 is 0 Å². The van der Waals surface area contributed by atoms with Gasteiger partial charge in [-0.3, -0.25) is 0 Å². The fourth-order valence-electron chi connectivity index (χ4n) is 0.732. The average molecular weight is 158 g/mol. The van der Waals surface area contributed by atoms with Crippen LogP contribution in [0.2, 0.25) is 0 Å². The first-order valence-electron chi connectivity index (χ1n) is 2.93. The van der Waals surface area contributed by atoms with Crippen molar-refractivity contribution in [3.05, 3.63) is 30.3 Å². The molecule has 46 valence electrons. The predicted octanol–water partition coefficient (Wildman–Crippen LogP) is -0.0828. The lowest BCUT2D eigenvalue weighted by atomic mass is 10.2. The van der Waals surface area contributed by atoms with Gasteiger partial charge < -0.3 is 0 Å². The number of rotatable bonds is 1. The molecule has 0 bridgehead atoms. The predicted molar refractivity (Wildman–Crippen MR) is 47.3 cm³/mol. The Morgan fingerprint density at radius 3 is 2.50 bits per heavy atom. The van der Waals surface area contributed by atoms with Crippen molar-refractivity contribution in [2.75, 3.05) is 0 Å². The van der Waals surface area contributed by atoms with Crippen LogP contribution in [0.4, 0.5) is 0 Å². The van der Waals surface area contributed by atoms with E-state index >= 15 is 0 Å². The lowest BCUT2D eigenvalue weighted by molar-refractivity contribution is 1.78. The van der Waals surface area contributed by atoms with Gasteiger partial charge in [0.25, 0.3) is 0 Å². The molecule has 1 rings (SSSR count). The van der Waals surface area contributed by atoms with Crippen LogP contribution in [0.25, 0.3) is 6.08 Å². The molecule has 0 spiro atoms. The van der Waals surface area contributed by atoms with Crippen molar-refractivity contribution in [3.8, 4) is 0 Å². The fourth-order valence-corrected chi connectivity index (χ4v) is 1.23. The van der Waals surface area contributed by atoms with Crippen LogP contribution >= 0.6 is 0 Å². The molecule has 2 heteroatoms. The second kappa shape index (κ2) is 2.99. The molecule has 0 saturated carbocycles. The lowest BCUT2D eigenvalue weighted by Gasteiger charge is -1.99. The van der Waals surface area contributed by atoms with E-state index < -0.39 is 0 Å². The number of hydrogen-bond acceptors (Lipinski definition) is 0. The smallest absolute Gasteiger partial charge is 0.0720 e. The molecule has 0 aromatic heterocycles. The minimum Gasteiger partial charge on any atom is -0.0985 e. The van der Waals surface area contributed by atoms with Gasteiger partial charge >= 0.3 is 0 Å². The average Bonchev–Trinajstić information content (AvgIpc) is 1.94. The molecule has 0 atom stereocenters. The largest absolute Gasteiger partial charge is 0.0985 e. The normalized spacial score (nSPS) is 9.40. The standard InChI is InChI=1S/C8H6Si2/c1-2-6-5-7(9)3-4-8(6)10/h2-5H,1H2. The monoisotopic (exact) mass is 158 g/mol. The van der Waals surface area contributed by atoms with Gasteiger partial charge in [0.05, 0.1) is 20.5 Å². The molecule has 0 unspecified atom stereocenters. The van der Waals surface area contributed by atoms with Crippen LogP contribution in [0, 0.1) is 0 Å². The summed E-state index contributed by atoms with van der Waals surface area (Å²) < 4.78 is 0. The van der Waals surface area contributed by atoms with E-state index in [1.807, 2.05) is 24.3 Å². The maximum Gasteiger partial charge on any atom is 0.0720 e. The van der Waals surface area contributed by atoms with Crippen LogP contribution in [-0.4, -0.2) is 20.5 Å². The molecule has 0 N–H and O–H groups in total. The van der Waals surface area contributed by atoms with Crippen molar-refractivity contribution in [2.24, 2.45) is 0 Å². The van der Waals surface area contributed by atoms with Gasteiger partial charge in [0.15, 0.2) is 0 Å². The molecule has 0 nitrogen and oxygen atoms in total. The van der Waals surface area contributed by atoms with Crippen LogP contribution in [0.15, 0.2) is 24.8 Å².